The molecule has 3 rings (SSSR count). The van der Waals surface area contributed by atoms with Crippen molar-refractivity contribution in [2.45, 2.75) is 20.0 Å². The fraction of sp³-hybridized carbons (Fsp3) is 0.278. The highest BCUT2D eigenvalue weighted by Crippen LogP contribution is 2.32. The van der Waals surface area contributed by atoms with Crippen LogP contribution in [0.4, 0.5) is 4.39 Å². The standard InChI is InChI=1S/C18H20FN3O2/c1-2-20-18(21-10-13-4-3-5-15(19)8-13)22-11-14-6-7-16-17(9-14)24-12-23-16/h3-9H,2,10-12H2,1H3,(H2,20,21,22). The number of nitrogens with zero attached hydrogens (tertiary/aromatic N) is 1. The van der Waals surface area contributed by atoms with Gasteiger partial charge in [0.15, 0.2) is 17.5 Å². The second kappa shape index (κ2) is 7.68. The molecule has 2 aromatic rings. The maximum Gasteiger partial charge on any atom is 0.231 e. The Labute approximate surface area is 140 Å². The van der Waals surface area contributed by atoms with E-state index < -0.39 is 0 Å². The highest BCUT2D eigenvalue weighted by Gasteiger charge is 2.13. The molecule has 1 aliphatic heterocycles. The number of guanidine groups is 1. The SMILES string of the molecule is CCNC(=NCc1cccc(F)c1)NCc1ccc2c(c1)OCO2. The number of ether oxygens (including phenoxy) is 2. The van der Waals surface area contributed by atoms with Gasteiger partial charge < -0.3 is 20.1 Å². The van der Waals surface area contributed by atoms with E-state index in [9.17, 15) is 4.39 Å². The summed E-state index contributed by atoms with van der Waals surface area (Å²) in [5.41, 5.74) is 1.89. The first-order valence-electron chi connectivity index (χ1n) is 7.90. The number of aliphatic imine (C=N–C) groups is 1. The Bertz CT molecular complexity index is 734. The summed E-state index contributed by atoms with van der Waals surface area (Å²) in [6.07, 6.45) is 0. The Morgan fingerprint density at radius 2 is 1.96 bits per heavy atom. The lowest BCUT2D eigenvalue weighted by Crippen LogP contribution is -2.36. The van der Waals surface area contributed by atoms with Gasteiger partial charge in [-0.1, -0.05) is 18.2 Å². The Balaban J connectivity index is 1.62. The maximum atomic E-state index is 13.2. The molecule has 0 unspecified atom stereocenters. The van der Waals surface area contributed by atoms with Gasteiger partial charge in [0.25, 0.3) is 0 Å². The van der Waals surface area contributed by atoms with E-state index >= 15 is 0 Å². The predicted molar refractivity (Wildman–Crippen MR) is 90.6 cm³/mol. The summed E-state index contributed by atoms with van der Waals surface area (Å²) in [6.45, 7) is 4.03. The third-order valence-electron chi connectivity index (χ3n) is 3.55. The summed E-state index contributed by atoms with van der Waals surface area (Å²) in [6, 6.07) is 12.3. The summed E-state index contributed by atoms with van der Waals surface area (Å²) >= 11 is 0. The zero-order valence-corrected chi connectivity index (χ0v) is 13.5. The number of halogens is 1. The van der Waals surface area contributed by atoms with Crippen molar-refractivity contribution in [3.63, 3.8) is 0 Å². The van der Waals surface area contributed by atoms with Crippen LogP contribution in [0.5, 0.6) is 11.5 Å². The quantitative estimate of drug-likeness (QED) is 0.654. The molecule has 1 heterocycles. The van der Waals surface area contributed by atoms with Crippen LogP contribution in [0.25, 0.3) is 0 Å². The zero-order chi connectivity index (χ0) is 16.8. The van der Waals surface area contributed by atoms with Gasteiger partial charge in [-0.05, 0) is 42.3 Å². The number of hydrogen-bond donors (Lipinski definition) is 2. The second-order valence-corrected chi connectivity index (χ2v) is 5.37. The third-order valence-corrected chi connectivity index (χ3v) is 3.55. The van der Waals surface area contributed by atoms with Crippen LogP contribution in [0.3, 0.4) is 0 Å². The van der Waals surface area contributed by atoms with Gasteiger partial charge in [-0.25, -0.2) is 9.38 Å². The molecule has 2 aromatic carbocycles. The molecule has 6 heteroatoms. The number of hydrogen-bond acceptors (Lipinski definition) is 3. The molecule has 0 amide bonds. The average molecular weight is 329 g/mol. The van der Waals surface area contributed by atoms with E-state index in [0.717, 1.165) is 29.2 Å². The summed E-state index contributed by atoms with van der Waals surface area (Å²) in [5.74, 6) is 1.96. The molecule has 0 aromatic heterocycles. The second-order valence-electron chi connectivity index (χ2n) is 5.37. The number of benzene rings is 2. The van der Waals surface area contributed by atoms with Crippen molar-refractivity contribution in [3.05, 3.63) is 59.4 Å². The topological polar surface area (TPSA) is 54.9 Å². The maximum absolute atomic E-state index is 13.2. The lowest BCUT2D eigenvalue weighted by molar-refractivity contribution is 0.174. The molecule has 5 nitrogen and oxygen atoms in total. The largest absolute Gasteiger partial charge is 0.454 e. The van der Waals surface area contributed by atoms with Crippen molar-refractivity contribution >= 4 is 5.96 Å². The summed E-state index contributed by atoms with van der Waals surface area (Å²) in [4.78, 5) is 4.48. The molecule has 0 radical (unpaired) electrons. The van der Waals surface area contributed by atoms with Crippen LogP contribution in [0.2, 0.25) is 0 Å². The first kappa shape index (κ1) is 16.1. The van der Waals surface area contributed by atoms with E-state index in [1.165, 1.54) is 12.1 Å². The molecule has 0 saturated carbocycles. The van der Waals surface area contributed by atoms with Crippen molar-refractivity contribution in [1.29, 1.82) is 0 Å². The van der Waals surface area contributed by atoms with E-state index in [4.69, 9.17) is 9.47 Å². The molecule has 2 N–H and O–H groups in total. The Morgan fingerprint density at radius 1 is 1.08 bits per heavy atom. The summed E-state index contributed by atoms with van der Waals surface area (Å²) in [7, 11) is 0. The fourth-order valence-corrected chi connectivity index (χ4v) is 2.38. The molecular weight excluding hydrogens is 309 g/mol. The lowest BCUT2D eigenvalue weighted by Gasteiger charge is -2.11. The van der Waals surface area contributed by atoms with Gasteiger partial charge in [0, 0.05) is 13.1 Å². The lowest BCUT2D eigenvalue weighted by atomic mass is 10.2. The van der Waals surface area contributed by atoms with Gasteiger partial charge in [-0.2, -0.15) is 0 Å². The van der Waals surface area contributed by atoms with Gasteiger partial charge in [-0.15, -0.1) is 0 Å². The molecule has 0 saturated heterocycles. The Kier molecular flexibility index (Phi) is 5.15. The van der Waals surface area contributed by atoms with Gasteiger partial charge in [-0.3, -0.25) is 0 Å². The number of fused-ring (bicyclic) bond motifs is 1. The molecule has 24 heavy (non-hydrogen) atoms. The van der Waals surface area contributed by atoms with Crippen molar-refractivity contribution in [2.75, 3.05) is 13.3 Å². The van der Waals surface area contributed by atoms with Gasteiger partial charge in [0.1, 0.15) is 5.82 Å². The van der Waals surface area contributed by atoms with Crippen LogP contribution in [0, 0.1) is 5.82 Å². The normalized spacial score (nSPS) is 13.0. The fourth-order valence-electron chi connectivity index (χ4n) is 2.38. The van der Waals surface area contributed by atoms with Crippen molar-refractivity contribution in [2.24, 2.45) is 4.99 Å². The van der Waals surface area contributed by atoms with Gasteiger partial charge in [0.2, 0.25) is 6.79 Å². The molecule has 0 atom stereocenters. The molecule has 1 aliphatic rings. The van der Waals surface area contributed by atoms with Gasteiger partial charge in [0.05, 0.1) is 6.54 Å². The predicted octanol–water partition coefficient (Wildman–Crippen LogP) is 2.81. The first-order valence-corrected chi connectivity index (χ1v) is 7.90. The molecule has 126 valence electrons. The number of rotatable bonds is 5. The summed E-state index contributed by atoms with van der Waals surface area (Å²) in [5, 5.41) is 6.44. The minimum atomic E-state index is -0.249. The Hall–Kier alpha value is -2.76. The molecular formula is C18H20FN3O2. The molecule has 0 fully saturated rings. The van der Waals surface area contributed by atoms with Crippen molar-refractivity contribution < 1.29 is 13.9 Å². The molecule has 0 aliphatic carbocycles. The van der Waals surface area contributed by atoms with Crippen molar-refractivity contribution in [1.82, 2.24) is 10.6 Å². The minimum Gasteiger partial charge on any atom is -0.454 e. The molecule has 0 spiro atoms. The van der Waals surface area contributed by atoms with E-state index in [1.807, 2.05) is 31.2 Å². The smallest absolute Gasteiger partial charge is 0.231 e. The highest BCUT2D eigenvalue weighted by atomic mass is 19.1. The zero-order valence-electron chi connectivity index (χ0n) is 13.5. The van der Waals surface area contributed by atoms with Crippen LogP contribution in [-0.2, 0) is 13.1 Å². The third kappa shape index (κ3) is 4.16. The van der Waals surface area contributed by atoms with Crippen LogP contribution >= 0.6 is 0 Å². The molecule has 0 bridgehead atoms. The summed E-state index contributed by atoms with van der Waals surface area (Å²) < 4.78 is 23.9. The van der Waals surface area contributed by atoms with Crippen LogP contribution < -0.4 is 20.1 Å². The van der Waals surface area contributed by atoms with Crippen LogP contribution in [-0.4, -0.2) is 19.3 Å². The Morgan fingerprint density at radius 3 is 2.79 bits per heavy atom. The van der Waals surface area contributed by atoms with Crippen molar-refractivity contribution in [3.8, 4) is 11.5 Å². The highest BCUT2D eigenvalue weighted by molar-refractivity contribution is 5.79. The van der Waals surface area contributed by atoms with E-state index in [0.29, 0.717) is 19.0 Å². The van der Waals surface area contributed by atoms with Gasteiger partial charge >= 0.3 is 0 Å². The van der Waals surface area contributed by atoms with Crippen LogP contribution in [0.15, 0.2) is 47.5 Å². The van der Waals surface area contributed by atoms with E-state index in [-0.39, 0.29) is 12.6 Å². The van der Waals surface area contributed by atoms with E-state index in [1.54, 1.807) is 6.07 Å². The van der Waals surface area contributed by atoms with E-state index in [2.05, 4.69) is 15.6 Å². The monoisotopic (exact) mass is 329 g/mol. The average Bonchev–Trinajstić information content (AvgIpc) is 3.05. The van der Waals surface area contributed by atoms with Crippen LogP contribution in [0.1, 0.15) is 18.1 Å². The minimum absolute atomic E-state index is 0.249. The first-order chi connectivity index (χ1) is 11.7. The number of nitrogens with one attached hydrogen (secondary N) is 2.